The van der Waals surface area contributed by atoms with Gasteiger partial charge in [-0.05, 0) is 23.3 Å². The second-order valence-electron chi connectivity index (χ2n) is 5.73. The van der Waals surface area contributed by atoms with Gasteiger partial charge in [0, 0.05) is 11.4 Å². The van der Waals surface area contributed by atoms with Crippen molar-refractivity contribution < 1.29 is 4.79 Å². The van der Waals surface area contributed by atoms with Gasteiger partial charge in [-0.25, -0.2) is 14.9 Å². The summed E-state index contributed by atoms with van der Waals surface area (Å²) in [4.78, 5) is 24.1. The number of halogens is 1. The summed E-state index contributed by atoms with van der Waals surface area (Å²) in [5.41, 5.74) is 3.50. The topological polar surface area (TPSA) is 107 Å². The second-order valence-corrected chi connectivity index (χ2v) is 6.17. The van der Waals surface area contributed by atoms with Crippen molar-refractivity contribution in [3.05, 3.63) is 87.1 Å². The highest BCUT2D eigenvalue weighted by atomic mass is 35.5. The van der Waals surface area contributed by atoms with E-state index >= 15 is 0 Å². The lowest BCUT2D eigenvalue weighted by Crippen LogP contribution is -2.34. The van der Waals surface area contributed by atoms with Crippen molar-refractivity contribution in [2.75, 3.05) is 5.84 Å². The number of carbonyl (C=O) groups excluding carboxylic acids is 1. The first-order valence-corrected chi connectivity index (χ1v) is 8.46. The van der Waals surface area contributed by atoms with Crippen LogP contribution in [-0.2, 0) is 17.8 Å². The Morgan fingerprint density at radius 3 is 2.59 bits per heavy atom. The quantitative estimate of drug-likeness (QED) is 0.377. The Hall–Kier alpha value is -3.39. The Kier molecular flexibility index (Phi) is 5.68. The van der Waals surface area contributed by atoms with Crippen molar-refractivity contribution in [2.24, 2.45) is 5.10 Å². The molecule has 8 nitrogen and oxygen atoms in total. The minimum atomic E-state index is -0.582. The average molecular weight is 385 g/mol. The molecule has 0 fully saturated rings. The van der Waals surface area contributed by atoms with Crippen LogP contribution < -0.4 is 17.0 Å². The fourth-order valence-electron chi connectivity index (χ4n) is 2.36. The summed E-state index contributed by atoms with van der Waals surface area (Å²) in [7, 11) is 0. The number of amides is 1. The Labute approximate surface area is 159 Å². The molecular formula is C18H17ClN6O2. The molecular weight excluding hydrogens is 368 g/mol. The van der Waals surface area contributed by atoms with Crippen LogP contribution in [0.15, 0.2) is 64.5 Å². The predicted molar refractivity (Wildman–Crippen MR) is 103 cm³/mol. The summed E-state index contributed by atoms with van der Waals surface area (Å²) in [6.45, 7) is -0.289. The lowest BCUT2D eigenvalue weighted by molar-refractivity contribution is -0.121. The standard InChI is InChI=1S/C18H17ClN6O2/c19-15-8-6-13(7-9-15)10-16-23-24(18(27)25(16)20)12-17(26)22-21-11-14-4-2-1-3-5-14/h1-9,11H,10,12,20H2,(H,22,26)/b21-11+. The normalized spacial score (nSPS) is 11.0. The van der Waals surface area contributed by atoms with E-state index in [4.69, 9.17) is 17.4 Å². The molecule has 3 N–H and O–H groups in total. The van der Waals surface area contributed by atoms with Gasteiger partial charge in [0.1, 0.15) is 6.54 Å². The van der Waals surface area contributed by atoms with E-state index in [-0.39, 0.29) is 6.54 Å². The lowest BCUT2D eigenvalue weighted by Gasteiger charge is -2.00. The molecule has 1 aromatic heterocycles. The number of hydrogen-bond acceptors (Lipinski definition) is 5. The van der Waals surface area contributed by atoms with Crippen LogP contribution in [0.25, 0.3) is 0 Å². The highest BCUT2D eigenvalue weighted by molar-refractivity contribution is 6.30. The Morgan fingerprint density at radius 2 is 1.89 bits per heavy atom. The maximum atomic E-state index is 12.2. The zero-order chi connectivity index (χ0) is 19.2. The zero-order valence-corrected chi connectivity index (χ0v) is 15.0. The van der Waals surface area contributed by atoms with Crippen molar-refractivity contribution in [2.45, 2.75) is 13.0 Å². The predicted octanol–water partition coefficient (Wildman–Crippen LogP) is 1.15. The number of rotatable bonds is 6. The first kappa shape index (κ1) is 18.4. The van der Waals surface area contributed by atoms with Crippen molar-refractivity contribution in [1.82, 2.24) is 19.9 Å². The third-order valence-corrected chi connectivity index (χ3v) is 3.96. The van der Waals surface area contributed by atoms with Crippen molar-refractivity contribution in [3.8, 4) is 0 Å². The van der Waals surface area contributed by atoms with E-state index in [0.717, 1.165) is 20.5 Å². The molecule has 0 radical (unpaired) electrons. The number of nitrogen functional groups attached to an aromatic ring is 1. The van der Waals surface area contributed by atoms with E-state index in [1.807, 2.05) is 42.5 Å². The largest absolute Gasteiger partial charge is 0.365 e. The number of nitrogens with zero attached hydrogens (tertiary/aromatic N) is 4. The highest BCUT2D eigenvalue weighted by Gasteiger charge is 2.14. The number of nitrogens with one attached hydrogen (secondary N) is 1. The molecule has 0 saturated heterocycles. The van der Waals surface area contributed by atoms with Crippen LogP contribution in [0.5, 0.6) is 0 Å². The van der Waals surface area contributed by atoms with E-state index in [9.17, 15) is 9.59 Å². The van der Waals surface area contributed by atoms with E-state index in [2.05, 4.69) is 15.6 Å². The number of hydrazone groups is 1. The molecule has 27 heavy (non-hydrogen) atoms. The van der Waals surface area contributed by atoms with Gasteiger partial charge in [0.05, 0.1) is 6.21 Å². The smallest absolute Gasteiger partial charge is 0.333 e. The molecule has 0 unspecified atom stereocenters. The van der Waals surface area contributed by atoms with E-state index < -0.39 is 11.6 Å². The average Bonchev–Trinajstić information content (AvgIpc) is 2.92. The van der Waals surface area contributed by atoms with Crippen LogP contribution in [0.3, 0.4) is 0 Å². The van der Waals surface area contributed by atoms with E-state index in [1.165, 1.54) is 6.21 Å². The van der Waals surface area contributed by atoms with Crippen molar-refractivity contribution in [1.29, 1.82) is 0 Å². The van der Waals surface area contributed by atoms with E-state index in [1.54, 1.807) is 12.1 Å². The van der Waals surface area contributed by atoms with Gasteiger partial charge in [0.15, 0.2) is 5.82 Å². The molecule has 138 valence electrons. The van der Waals surface area contributed by atoms with Gasteiger partial charge in [0.2, 0.25) is 0 Å². The molecule has 0 bridgehead atoms. The second kappa shape index (κ2) is 8.33. The van der Waals surface area contributed by atoms with Gasteiger partial charge in [-0.3, -0.25) is 4.79 Å². The number of benzene rings is 2. The summed E-state index contributed by atoms with van der Waals surface area (Å²) < 4.78 is 1.92. The molecule has 2 aromatic carbocycles. The third kappa shape index (κ3) is 4.83. The molecule has 0 spiro atoms. The Bertz CT molecular complexity index is 1010. The fraction of sp³-hybridized carbons (Fsp3) is 0.111. The molecule has 0 saturated carbocycles. The van der Waals surface area contributed by atoms with Crippen LogP contribution in [-0.4, -0.2) is 26.6 Å². The summed E-state index contributed by atoms with van der Waals surface area (Å²) in [5, 5.41) is 8.60. The van der Waals surface area contributed by atoms with Gasteiger partial charge in [-0.2, -0.15) is 14.9 Å². The Morgan fingerprint density at radius 1 is 1.19 bits per heavy atom. The highest BCUT2D eigenvalue weighted by Crippen LogP contribution is 2.11. The number of aromatic nitrogens is 3. The molecule has 0 aliphatic rings. The number of nitrogens with two attached hydrogens (primary N) is 1. The zero-order valence-electron chi connectivity index (χ0n) is 14.2. The summed E-state index contributed by atoms with van der Waals surface area (Å²) >= 11 is 5.86. The number of carbonyl (C=O) groups is 1. The monoisotopic (exact) mass is 384 g/mol. The maximum absolute atomic E-state index is 12.2. The molecule has 1 amide bonds. The van der Waals surface area contributed by atoms with Gasteiger partial charge in [-0.1, -0.05) is 54.1 Å². The SMILES string of the molecule is Nn1c(Cc2ccc(Cl)cc2)nn(CC(=O)N/N=C/c2ccccc2)c1=O. The van der Waals surface area contributed by atoms with Crippen molar-refractivity contribution in [3.63, 3.8) is 0 Å². The van der Waals surface area contributed by atoms with Crippen LogP contribution in [0.2, 0.25) is 5.02 Å². The molecule has 0 aliphatic heterocycles. The third-order valence-electron chi connectivity index (χ3n) is 3.71. The first-order valence-electron chi connectivity index (χ1n) is 8.08. The minimum absolute atomic E-state index is 0.289. The minimum Gasteiger partial charge on any atom is -0.333 e. The maximum Gasteiger partial charge on any atom is 0.365 e. The first-order chi connectivity index (χ1) is 13.0. The molecule has 1 heterocycles. The molecule has 3 aromatic rings. The van der Waals surface area contributed by atoms with Gasteiger partial charge in [-0.15, -0.1) is 0 Å². The van der Waals surface area contributed by atoms with Gasteiger partial charge in [0.25, 0.3) is 5.91 Å². The molecule has 3 rings (SSSR count). The molecule has 0 aliphatic carbocycles. The van der Waals surface area contributed by atoms with Crippen LogP contribution in [0.4, 0.5) is 0 Å². The summed E-state index contributed by atoms with van der Waals surface area (Å²) in [6.07, 6.45) is 1.85. The van der Waals surface area contributed by atoms with E-state index in [0.29, 0.717) is 17.3 Å². The van der Waals surface area contributed by atoms with Gasteiger partial charge < -0.3 is 5.84 Å². The van der Waals surface area contributed by atoms with Crippen molar-refractivity contribution >= 4 is 23.7 Å². The Balaban J connectivity index is 1.64. The van der Waals surface area contributed by atoms with Gasteiger partial charge >= 0.3 is 5.69 Å². The molecule has 0 atom stereocenters. The summed E-state index contributed by atoms with van der Waals surface area (Å²) in [5.74, 6) is 5.62. The lowest BCUT2D eigenvalue weighted by atomic mass is 10.1. The molecule has 9 heteroatoms. The van der Waals surface area contributed by atoms with Crippen LogP contribution >= 0.6 is 11.6 Å². The van der Waals surface area contributed by atoms with Crippen LogP contribution in [0.1, 0.15) is 17.0 Å². The summed E-state index contributed by atoms with van der Waals surface area (Å²) in [6, 6.07) is 16.4. The fourth-order valence-corrected chi connectivity index (χ4v) is 2.49. The van der Waals surface area contributed by atoms with Crippen LogP contribution in [0, 0.1) is 0 Å². The number of hydrogen-bond donors (Lipinski definition) is 2.